The fourth-order valence-electron chi connectivity index (χ4n) is 1.56. The Balaban J connectivity index is 2.38. The Labute approximate surface area is 127 Å². The van der Waals surface area contributed by atoms with Crippen molar-refractivity contribution in [3.8, 4) is 0 Å². The Morgan fingerprint density at radius 2 is 1.65 bits per heavy atom. The van der Waals surface area contributed by atoms with Crippen LogP contribution in [0.3, 0.4) is 0 Å². The Bertz CT molecular complexity index is 601. The molecule has 0 spiro atoms. The lowest BCUT2D eigenvalue weighted by atomic mass is 10.2. The Morgan fingerprint density at radius 1 is 1.00 bits per heavy atom. The molecule has 0 N–H and O–H groups in total. The van der Waals surface area contributed by atoms with Gasteiger partial charge in [0.25, 0.3) is 0 Å². The van der Waals surface area contributed by atoms with Gasteiger partial charge in [-0.25, -0.2) is 9.98 Å². The van der Waals surface area contributed by atoms with Crippen molar-refractivity contribution in [3.05, 3.63) is 64.6 Å². The maximum absolute atomic E-state index is 4.61. The SMILES string of the molecule is CN(C)C=NC(=Nc1ccc(Br)cc1)c1ccccc1. The average molecular weight is 330 g/mol. The molecular formula is C16H16BrN3. The minimum atomic E-state index is 0.696. The van der Waals surface area contributed by atoms with Crippen molar-refractivity contribution in [1.82, 2.24) is 4.90 Å². The van der Waals surface area contributed by atoms with Crippen molar-refractivity contribution in [2.45, 2.75) is 0 Å². The monoisotopic (exact) mass is 329 g/mol. The molecule has 0 amide bonds. The molecule has 20 heavy (non-hydrogen) atoms. The lowest BCUT2D eigenvalue weighted by Gasteiger charge is -2.05. The summed E-state index contributed by atoms with van der Waals surface area (Å²) in [6.45, 7) is 0. The number of aliphatic imine (C=N–C) groups is 2. The number of rotatable bonds is 3. The largest absolute Gasteiger partial charge is 0.369 e. The van der Waals surface area contributed by atoms with Crippen LogP contribution in [0.5, 0.6) is 0 Å². The van der Waals surface area contributed by atoms with Crippen LogP contribution in [0.2, 0.25) is 0 Å². The molecule has 0 unspecified atom stereocenters. The minimum absolute atomic E-state index is 0.696. The zero-order valence-corrected chi connectivity index (χ0v) is 13.1. The third-order valence-corrected chi connectivity index (χ3v) is 3.03. The molecule has 0 aromatic heterocycles. The second kappa shape index (κ2) is 7.01. The van der Waals surface area contributed by atoms with Gasteiger partial charge in [-0.2, -0.15) is 0 Å². The van der Waals surface area contributed by atoms with Crippen molar-refractivity contribution in [2.24, 2.45) is 9.98 Å². The van der Waals surface area contributed by atoms with Gasteiger partial charge in [-0.3, -0.25) is 0 Å². The summed E-state index contributed by atoms with van der Waals surface area (Å²) in [6, 6.07) is 17.8. The molecule has 0 atom stereocenters. The van der Waals surface area contributed by atoms with E-state index in [4.69, 9.17) is 0 Å². The molecule has 0 aliphatic heterocycles. The summed E-state index contributed by atoms with van der Waals surface area (Å²) in [6.07, 6.45) is 1.75. The van der Waals surface area contributed by atoms with E-state index < -0.39 is 0 Å². The fraction of sp³-hybridized carbons (Fsp3) is 0.125. The molecule has 0 fully saturated rings. The molecule has 0 aliphatic carbocycles. The molecule has 2 aromatic carbocycles. The first-order valence-electron chi connectivity index (χ1n) is 6.25. The second-order valence-corrected chi connectivity index (χ2v) is 5.40. The molecule has 102 valence electrons. The molecular weight excluding hydrogens is 314 g/mol. The smallest absolute Gasteiger partial charge is 0.161 e. The standard InChI is InChI=1S/C16H16BrN3/c1-20(2)12-18-16(13-6-4-3-5-7-13)19-15-10-8-14(17)9-11-15/h3-12H,1-2H3. The van der Waals surface area contributed by atoms with Gasteiger partial charge in [-0.15, -0.1) is 0 Å². The van der Waals surface area contributed by atoms with E-state index >= 15 is 0 Å². The Kier molecular flexibility index (Phi) is 5.07. The molecule has 0 saturated heterocycles. The van der Waals surface area contributed by atoms with Gasteiger partial charge in [-0.1, -0.05) is 46.3 Å². The predicted molar refractivity (Wildman–Crippen MR) is 89.0 cm³/mol. The van der Waals surface area contributed by atoms with E-state index in [9.17, 15) is 0 Å². The third-order valence-electron chi connectivity index (χ3n) is 2.50. The van der Waals surface area contributed by atoms with Crippen LogP contribution >= 0.6 is 15.9 Å². The zero-order valence-electron chi connectivity index (χ0n) is 11.5. The van der Waals surface area contributed by atoms with E-state index in [1.54, 1.807) is 6.34 Å². The van der Waals surface area contributed by atoms with Crippen LogP contribution in [-0.4, -0.2) is 31.2 Å². The van der Waals surface area contributed by atoms with E-state index in [1.807, 2.05) is 73.6 Å². The summed E-state index contributed by atoms with van der Waals surface area (Å²) in [5.41, 5.74) is 1.87. The molecule has 3 nitrogen and oxygen atoms in total. The van der Waals surface area contributed by atoms with Crippen LogP contribution in [0, 0.1) is 0 Å². The third kappa shape index (κ3) is 4.31. The number of hydrogen-bond donors (Lipinski definition) is 0. The maximum Gasteiger partial charge on any atom is 0.161 e. The van der Waals surface area contributed by atoms with E-state index in [-0.39, 0.29) is 0 Å². The summed E-state index contributed by atoms with van der Waals surface area (Å²) in [5.74, 6) is 0.696. The van der Waals surface area contributed by atoms with Crippen molar-refractivity contribution < 1.29 is 0 Å². The molecule has 4 heteroatoms. The second-order valence-electron chi connectivity index (χ2n) is 4.49. The highest BCUT2D eigenvalue weighted by Gasteiger charge is 2.01. The van der Waals surface area contributed by atoms with E-state index in [0.29, 0.717) is 5.84 Å². The summed E-state index contributed by atoms with van der Waals surface area (Å²) in [7, 11) is 3.87. The first-order chi connectivity index (χ1) is 9.65. The summed E-state index contributed by atoms with van der Waals surface area (Å²) >= 11 is 3.42. The summed E-state index contributed by atoms with van der Waals surface area (Å²) < 4.78 is 1.04. The van der Waals surface area contributed by atoms with Gasteiger partial charge >= 0.3 is 0 Å². The van der Waals surface area contributed by atoms with E-state index in [2.05, 4.69) is 25.9 Å². The van der Waals surface area contributed by atoms with E-state index in [1.165, 1.54) is 0 Å². The Hall–Kier alpha value is -1.94. The quantitative estimate of drug-likeness (QED) is 0.615. The van der Waals surface area contributed by atoms with E-state index in [0.717, 1.165) is 15.7 Å². The number of hydrogen-bond acceptors (Lipinski definition) is 1. The van der Waals surface area contributed by atoms with Crippen molar-refractivity contribution in [1.29, 1.82) is 0 Å². The number of amidine groups is 1. The molecule has 0 radical (unpaired) electrons. The average Bonchev–Trinajstić information content (AvgIpc) is 2.46. The molecule has 0 heterocycles. The van der Waals surface area contributed by atoms with Crippen LogP contribution in [0.4, 0.5) is 5.69 Å². The molecule has 0 aliphatic rings. The number of benzene rings is 2. The van der Waals surface area contributed by atoms with Crippen LogP contribution in [0.25, 0.3) is 0 Å². The van der Waals surface area contributed by atoms with Gasteiger partial charge in [0.15, 0.2) is 5.84 Å². The molecule has 0 bridgehead atoms. The van der Waals surface area contributed by atoms with Crippen molar-refractivity contribution in [2.75, 3.05) is 14.1 Å². The topological polar surface area (TPSA) is 28.0 Å². The normalized spacial score (nSPS) is 11.8. The van der Waals surface area contributed by atoms with Gasteiger partial charge in [-0.05, 0) is 24.3 Å². The van der Waals surface area contributed by atoms with Crippen molar-refractivity contribution >= 4 is 33.8 Å². The Morgan fingerprint density at radius 3 is 2.25 bits per heavy atom. The summed E-state index contributed by atoms with van der Waals surface area (Å²) in [4.78, 5) is 11.0. The van der Waals surface area contributed by atoms with Gasteiger partial charge in [0.1, 0.15) is 0 Å². The molecule has 2 aromatic rings. The van der Waals surface area contributed by atoms with Gasteiger partial charge < -0.3 is 4.90 Å². The number of nitrogens with zero attached hydrogens (tertiary/aromatic N) is 3. The highest BCUT2D eigenvalue weighted by atomic mass is 79.9. The fourth-order valence-corrected chi connectivity index (χ4v) is 1.83. The van der Waals surface area contributed by atoms with Crippen LogP contribution < -0.4 is 0 Å². The van der Waals surface area contributed by atoms with Crippen LogP contribution in [-0.2, 0) is 0 Å². The zero-order chi connectivity index (χ0) is 14.4. The molecule has 0 saturated carbocycles. The van der Waals surface area contributed by atoms with Crippen LogP contribution in [0.15, 0.2) is 69.1 Å². The summed E-state index contributed by atoms with van der Waals surface area (Å²) in [5, 5.41) is 0. The highest BCUT2D eigenvalue weighted by molar-refractivity contribution is 9.10. The lowest BCUT2D eigenvalue weighted by Crippen LogP contribution is -2.10. The predicted octanol–water partition coefficient (Wildman–Crippen LogP) is 4.12. The maximum atomic E-state index is 4.61. The van der Waals surface area contributed by atoms with Gasteiger partial charge in [0, 0.05) is 24.1 Å². The van der Waals surface area contributed by atoms with Crippen molar-refractivity contribution in [3.63, 3.8) is 0 Å². The highest BCUT2D eigenvalue weighted by Crippen LogP contribution is 2.18. The minimum Gasteiger partial charge on any atom is -0.369 e. The number of halogens is 1. The van der Waals surface area contributed by atoms with Gasteiger partial charge in [0.2, 0.25) is 0 Å². The molecule has 2 rings (SSSR count). The first-order valence-corrected chi connectivity index (χ1v) is 7.05. The van der Waals surface area contributed by atoms with Gasteiger partial charge in [0.05, 0.1) is 12.0 Å². The lowest BCUT2D eigenvalue weighted by molar-refractivity contribution is 0.644. The van der Waals surface area contributed by atoms with Crippen LogP contribution in [0.1, 0.15) is 5.56 Å². The first kappa shape index (κ1) is 14.5.